The maximum atomic E-state index is 11.4. The van der Waals surface area contributed by atoms with Crippen LogP contribution in [-0.4, -0.2) is 31.5 Å². The van der Waals surface area contributed by atoms with Gasteiger partial charge in [0, 0.05) is 24.3 Å². The summed E-state index contributed by atoms with van der Waals surface area (Å²) < 4.78 is 22.8. The molecule has 1 aromatic carbocycles. The van der Waals surface area contributed by atoms with Crippen LogP contribution in [0.15, 0.2) is 36.7 Å². The number of benzene rings is 1. The van der Waals surface area contributed by atoms with E-state index in [9.17, 15) is 8.42 Å². The van der Waals surface area contributed by atoms with Crippen molar-refractivity contribution in [1.82, 2.24) is 10.3 Å². The Morgan fingerprint density at radius 1 is 1.25 bits per heavy atom. The van der Waals surface area contributed by atoms with Crippen LogP contribution in [0.4, 0.5) is 0 Å². The molecule has 106 valence electrons. The van der Waals surface area contributed by atoms with Gasteiger partial charge in [0.25, 0.3) is 0 Å². The SMILES string of the molecule is O=S1(=O)CCC(CNCc2cncc3ccccc23)C1. The van der Waals surface area contributed by atoms with E-state index in [2.05, 4.69) is 22.4 Å². The summed E-state index contributed by atoms with van der Waals surface area (Å²) in [5.74, 6) is 0.922. The maximum absolute atomic E-state index is 11.4. The predicted molar refractivity (Wildman–Crippen MR) is 80.2 cm³/mol. The second kappa shape index (κ2) is 5.50. The minimum Gasteiger partial charge on any atom is -0.312 e. The summed E-state index contributed by atoms with van der Waals surface area (Å²) in [4.78, 5) is 4.25. The van der Waals surface area contributed by atoms with Crippen molar-refractivity contribution in [1.29, 1.82) is 0 Å². The largest absolute Gasteiger partial charge is 0.312 e. The molecule has 20 heavy (non-hydrogen) atoms. The van der Waals surface area contributed by atoms with Crippen molar-refractivity contribution in [2.45, 2.75) is 13.0 Å². The second-order valence-electron chi connectivity index (χ2n) is 5.42. The Bertz CT molecular complexity index is 707. The zero-order valence-electron chi connectivity index (χ0n) is 11.2. The monoisotopic (exact) mass is 290 g/mol. The number of hydrogen-bond acceptors (Lipinski definition) is 4. The van der Waals surface area contributed by atoms with Crippen LogP contribution in [0.3, 0.4) is 0 Å². The van der Waals surface area contributed by atoms with Crippen LogP contribution in [-0.2, 0) is 16.4 Å². The van der Waals surface area contributed by atoms with Crippen molar-refractivity contribution in [2.24, 2.45) is 5.92 Å². The lowest BCUT2D eigenvalue weighted by Gasteiger charge is -2.11. The van der Waals surface area contributed by atoms with Crippen molar-refractivity contribution < 1.29 is 8.42 Å². The van der Waals surface area contributed by atoms with Crippen molar-refractivity contribution in [3.63, 3.8) is 0 Å². The second-order valence-corrected chi connectivity index (χ2v) is 7.65. The van der Waals surface area contributed by atoms with E-state index in [1.165, 1.54) is 5.39 Å². The van der Waals surface area contributed by atoms with Gasteiger partial charge in [-0.15, -0.1) is 0 Å². The van der Waals surface area contributed by atoms with Gasteiger partial charge in [0.2, 0.25) is 0 Å². The first-order chi connectivity index (χ1) is 9.64. The van der Waals surface area contributed by atoms with Gasteiger partial charge in [0.1, 0.15) is 0 Å². The standard InChI is InChI=1S/C15H18N2O2S/c18-20(19)6-5-12(11-20)7-16-9-14-10-17-8-13-3-1-2-4-15(13)14/h1-4,8,10,12,16H,5-7,9,11H2. The molecule has 2 aromatic rings. The average Bonchev–Trinajstić information content (AvgIpc) is 2.79. The summed E-state index contributed by atoms with van der Waals surface area (Å²) in [7, 11) is -2.78. The molecule has 1 fully saturated rings. The summed E-state index contributed by atoms with van der Waals surface area (Å²) in [6.07, 6.45) is 4.52. The molecule has 0 radical (unpaired) electrons. The van der Waals surface area contributed by atoms with E-state index in [4.69, 9.17) is 0 Å². The summed E-state index contributed by atoms with van der Waals surface area (Å²) in [5, 5.41) is 5.71. The van der Waals surface area contributed by atoms with Crippen LogP contribution in [0, 0.1) is 5.92 Å². The van der Waals surface area contributed by atoms with Gasteiger partial charge in [-0.25, -0.2) is 8.42 Å². The summed E-state index contributed by atoms with van der Waals surface area (Å²) in [6.45, 7) is 1.48. The molecular formula is C15H18N2O2S. The van der Waals surface area contributed by atoms with Gasteiger partial charge < -0.3 is 5.32 Å². The smallest absolute Gasteiger partial charge is 0.150 e. The fourth-order valence-corrected chi connectivity index (χ4v) is 4.63. The van der Waals surface area contributed by atoms with E-state index in [0.717, 1.165) is 30.5 Å². The van der Waals surface area contributed by atoms with Gasteiger partial charge in [-0.1, -0.05) is 24.3 Å². The fraction of sp³-hybridized carbons (Fsp3) is 0.400. The Balaban J connectivity index is 1.63. The van der Waals surface area contributed by atoms with Gasteiger partial charge in [-0.2, -0.15) is 0 Å². The molecule has 2 heterocycles. The lowest BCUT2D eigenvalue weighted by Crippen LogP contribution is -2.23. The van der Waals surface area contributed by atoms with Gasteiger partial charge in [0.05, 0.1) is 11.5 Å². The Kier molecular flexibility index (Phi) is 3.72. The number of nitrogens with zero attached hydrogens (tertiary/aromatic N) is 1. The first-order valence-corrected chi connectivity index (χ1v) is 8.69. The third kappa shape index (κ3) is 2.99. The number of pyridine rings is 1. The molecule has 1 unspecified atom stereocenters. The fourth-order valence-electron chi connectivity index (χ4n) is 2.76. The molecule has 3 rings (SSSR count). The zero-order valence-corrected chi connectivity index (χ0v) is 12.1. The van der Waals surface area contributed by atoms with Gasteiger partial charge >= 0.3 is 0 Å². The van der Waals surface area contributed by atoms with Crippen LogP contribution in [0.25, 0.3) is 10.8 Å². The number of fused-ring (bicyclic) bond motifs is 1. The molecule has 1 aromatic heterocycles. The minimum absolute atomic E-state index is 0.253. The molecule has 0 bridgehead atoms. The highest BCUT2D eigenvalue weighted by molar-refractivity contribution is 7.91. The number of hydrogen-bond donors (Lipinski definition) is 1. The van der Waals surface area contributed by atoms with Crippen molar-refractivity contribution >= 4 is 20.6 Å². The van der Waals surface area contributed by atoms with E-state index in [1.807, 2.05) is 24.5 Å². The molecule has 0 saturated carbocycles. The highest BCUT2D eigenvalue weighted by Gasteiger charge is 2.27. The van der Waals surface area contributed by atoms with Crippen molar-refractivity contribution in [3.8, 4) is 0 Å². The first kappa shape index (κ1) is 13.5. The topological polar surface area (TPSA) is 59.1 Å². The summed E-state index contributed by atoms with van der Waals surface area (Å²) in [5.41, 5.74) is 1.16. The molecular weight excluding hydrogens is 272 g/mol. The zero-order chi connectivity index (χ0) is 14.0. The molecule has 1 N–H and O–H groups in total. The quantitative estimate of drug-likeness (QED) is 0.932. The Labute approximate surface area is 119 Å². The molecule has 1 aliphatic heterocycles. The third-order valence-electron chi connectivity index (χ3n) is 3.83. The Hall–Kier alpha value is -1.46. The van der Waals surface area contributed by atoms with E-state index < -0.39 is 9.84 Å². The number of nitrogens with one attached hydrogen (secondary N) is 1. The van der Waals surface area contributed by atoms with E-state index in [0.29, 0.717) is 11.5 Å². The highest BCUT2D eigenvalue weighted by atomic mass is 32.2. The molecule has 0 aliphatic carbocycles. The highest BCUT2D eigenvalue weighted by Crippen LogP contribution is 2.19. The summed E-state index contributed by atoms with van der Waals surface area (Å²) in [6, 6.07) is 8.17. The molecule has 0 amide bonds. The summed E-state index contributed by atoms with van der Waals surface area (Å²) >= 11 is 0. The Morgan fingerprint density at radius 3 is 2.90 bits per heavy atom. The maximum Gasteiger partial charge on any atom is 0.150 e. The van der Waals surface area contributed by atoms with Crippen LogP contribution in [0.2, 0.25) is 0 Å². The van der Waals surface area contributed by atoms with E-state index in [-0.39, 0.29) is 5.92 Å². The molecule has 1 aliphatic rings. The van der Waals surface area contributed by atoms with Crippen LogP contribution in [0.1, 0.15) is 12.0 Å². The molecule has 0 spiro atoms. The van der Waals surface area contributed by atoms with Crippen molar-refractivity contribution in [3.05, 3.63) is 42.2 Å². The normalized spacial score (nSPS) is 21.3. The van der Waals surface area contributed by atoms with Gasteiger partial charge in [-0.3, -0.25) is 4.98 Å². The Morgan fingerprint density at radius 2 is 2.10 bits per heavy atom. The van der Waals surface area contributed by atoms with Gasteiger partial charge in [-0.05, 0) is 29.8 Å². The molecule has 1 saturated heterocycles. The molecule has 4 nitrogen and oxygen atoms in total. The van der Waals surface area contributed by atoms with Crippen LogP contribution in [0.5, 0.6) is 0 Å². The first-order valence-electron chi connectivity index (χ1n) is 6.87. The minimum atomic E-state index is -2.78. The third-order valence-corrected chi connectivity index (χ3v) is 5.66. The molecule has 1 atom stereocenters. The van der Waals surface area contributed by atoms with Crippen LogP contribution >= 0.6 is 0 Å². The predicted octanol–water partition coefficient (Wildman–Crippen LogP) is 1.76. The number of rotatable bonds is 4. The van der Waals surface area contributed by atoms with E-state index >= 15 is 0 Å². The average molecular weight is 290 g/mol. The number of sulfone groups is 1. The van der Waals surface area contributed by atoms with Crippen LogP contribution < -0.4 is 5.32 Å². The molecule has 5 heteroatoms. The lowest BCUT2D eigenvalue weighted by molar-refractivity contribution is 0.521. The number of aromatic nitrogens is 1. The van der Waals surface area contributed by atoms with Crippen molar-refractivity contribution in [2.75, 3.05) is 18.1 Å². The van der Waals surface area contributed by atoms with Gasteiger partial charge in [0.15, 0.2) is 9.84 Å². The lowest BCUT2D eigenvalue weighted by atomic mass is 10.1. The van der Waals surface area contributed by atoms with E-state index in [1.54, 1.807) is 0 Å².